The zero-order chi connectivity index (χ0) is 11.4. The summed E-state index contributed by atoms with van der Waals surface area (Å²) in [6.07, 6.45) is 0.535. The van der Waals surface area contributed by atoms with Crippen LogP contribution in [0.1, 0.15) is 12.5 Å². The van der Waals surface area contributed by atoms with Crippen molar-refractivity contribution in [2.45, 2.75) is 13.0 Å². The zero-order valence-corrected chi connectivity index (χ0v) is 12.0. The van der Waals surface area contributed by atoms with Crippen LogP contribution in [0.3, 0.4) is 0 Å². The quantitative estimate of drug-likeness (QED) is 0.610. The Balaban J connectivity index is 0.00000225. The van der Waals surface area contributed by atoms with Crippen LogP contribution < -0.4 is 39.4 Å². The van der Waals surface area contributed by atoms with E-state index in [2.05, 4.69) is 6.58 Å². The van der Waals surface area contributed by atoms with Crippen LogP contribution in [-0.4, -0.2) is 12.1 Å². The normalized spacial score (nSPS) is 11.1. The van der Waals surface area contributed by atoms with Gasteiger partial charge < -0.3 is 14.6 Å². The number of benzene rings is 1. The molecule has 5 heteroatoms. The molecule has 1 atom stereocenters. The van der Waals surface area contributed by atoms with Crippen LogP contribution in [0.15, 0.2) is 24.8 Å². The predicted octanol–water partition coefficient (Wildman–Crippen LogP) is -1.50. The number of hydrogen-bond donors (Lipinski definition) is 0. The molecule has 0 aliphatic heterocycles. The molecule has 0 saturated carbocycles. The van der Waals surface area contributed by atoms with Gasteiger partial charge in [0.05, 0.1) is 5.97 Å². The molecule has 3 nitrogen and oxygen atoms in total. The number of carbonyl (C=O) groups excluding carboxylic acids is 1. The van der Waals surface area contributed by atoms with Crippen LogP contribution in [0, 0.1) is 0 Å². The molecule has 0 spiro atoms. The molecule has 1 aromatic rings. The smallest absolute Gasteiger partial charge is 0.546 e. The van der Waals surface area contributed by atoms with Gasteiger partial charge in [-0.2, -0.15) is 0 Å². The molecular formula is C11H10ClNaO3. The number of hydrogen-bond acceptors (Lipinski definition) is 3. The van der Waals surface area contributed by atoms with Gasteiger partial charge in [0, 0.05) is 10.6 Å². The molecule has 1 aromatic carbocycles. The van der Waals surface area contributed by atoms with E-state index in [1.54, 1.807) is 24.3 Å². The molecule has 0 saturated heterocycles. The van der Waals surface area contributed by atoms with Crippen LogP contribution >= 0.6 is 11.6 Å². The molecule has 0 fully saturated rings. The van der Waals surface area contributed by atoms with Gasteiger partial charge in [-0.15, -0.1) is 0 Å². The number of ether oxygens (including phenoxy) is 1. The first kappa shape index (κ1) is 15.5. The Morgan fingerprint density at radius 1 is 1.62 bits per heavy atom. The van der Waals surface area contributed by atoms with E-state index in [0.717, 1.165) is 0 Å². The zero-order valence-electron chi connectivity index (χ0n) is 9.20. The molecule has 0 unspecified atom stereocenters. The maximum atomic E-state index is 10.5. The fourth-order valence-electron chi connectivity index (χ4n) is 1.02. The third kappa shape index (κ3) is 4.18. The molecule has 0 radical (unpaired) electrons. The van der Waals surface area contributed by atoms with Gasteiger partial charge in [0.2, 0.25) is 0 Å². The van der Waals surface area contributed by atoms with Gasteiger partial charge >= 0.3 is 29.6 Å². The van der Waals surface area contributed by atoms with E-state index in [4.69, 9.17) is 16.3 Å². The second-order valence-corrected chi connectivity index (χ2v) is 3.40. The average Bonchev–Trinajstić information content (AvgIpc) is 2.20. The second-order valence-electron chi connectivity index (χ2n) is 2.97. The molecule has 1 rings (SSSR count). The summed E-state index contributed by atoms with van der Waals surface area (Å²) < 4.78 is 5.16. The van der Waals surface area contributed by atoms with Crippen molar-refractivity contribution in [1.29, 1.82) is 0 Å². The summed E-state index contributed by atoms with van der Waals surface area (Å²) in [6, 6.07) is 4.86. The predicted molar refractivity (Wildman–Crippen MR) is 56.6 cm³/mol. The number of halogens is 1. The first-order chi connectivity index (χ1) is 7.04. The van der Waals surface area contributed by atoms with Crippen molar-refractivity contribution in [3.8, 4) is 5.75 Å². The molecular weight excluding hydrogens is 239 g/mol. The van der Waals surface area contributed by atoms with Gasteiger partial charge in [0.1, 0.15) is 11.9 Å². The standard InChI is InChI=1S/C11H11ClO3.Na/c1-3-8-6-9(12)4-5-10(8)15-7(2)11(13)14;/h3-7H,1H2,2H3,(H,13,14);/q;+1/p-1/t7-;/m0./s1. The minimum atomic E-state index is -1.26. The SMILES string of the molecule is C=Cc1cc(Cl)ccc1O[C@@H](C)C(=O)[O-].[Na+]. The van der Waals surface area contributed by atoms with E-state index in [-0.39, 0.29) is 29.6 Å². The Kier molecular flexibility index (Phi) is 6.76. The Labute approximate surface area is 121 Å². The number of carboxylic acid groups (broad SMARTS) is 1. The summed E-state index contributed by atoms with van der Waals surface area (Å²) in [7, 11) is 0. The van der Waals surface area contributed by atoms with Crippen LogP contribution in [0.25, 0.3) is 6.08 Å². The molecule has 0 N–H and O–H groups in total. The van der Waals surface area contributed by atoms with Gasteiger partial charge in [-0.05, 0) is 25.1 Å². The molecule has 0 amide bonds. The summed E-state index contributed by atoms with van der Waals surface area (Å²) in [5, 5.41) is 11.0. The molecule has 0 aromatic heterocycles. The number of carbonyl (C=O) groups is 1. The second kappa shape index (κ2) is 6.97. The van der Waals surface area contributed by atoms with Gasteiger partial charge in [-0.25, -0.2) is 0 Å². The largest absolute Gasteiger partial charge is 1.00 e. The summed E-state index contributed by atoms with van der Waals surface area (Å²) >= 11 is 5.76. The Bertz CT molecular complexity index is 393. The third-order valence-corrected chi connectivity index (χ3v) is 2.06. The van der Waals surface area contributed by atoms with Crippen LogP contribution in [-0.2, 0) is 4.79 Å². The molecule has 0 bridgehead atoms. The number of carboxylic acids is 1. The Morgan fingerprint density at radius 2 is 2.25 bits per heavy atom. The molecule has 0 aliphatic carbocycles. The third-order valence-electron chi connectivity index (χ3n) is 1.83. The summed E-state index contributed by atoms with van der Waals surface area (Å²) in [4.78, 5) is 10.5. The van der Waals surface area contributed by atoms with E-state index in [9.17, 15) is 9.90 Å². The fourth-order valence-corrected chi connectivity index (χ4v) is 1.21. The topological polar surface area (TPSA) is 49.4 Å². The summed E-state index contributed by atoms with van der Waals surface area (Å²) in [5.74, 6) is -0.842. The average molecular weight is 249 g/mol. The molecule has 0 aliphatic rings. The van der Waals surface area contributed by atoms with Gasteiger partial charge in [-0.3, -0.25) is 0 Å². The minimum Gasteiger partial charge on any atom is -0.546 e. The number of aliphatic carboxylic acids is 1. The van der Waals surface area contributed by atoms with Gasteiger partial charge in [0.25, 0.3) is 0 Å². The maximum absolute atomic E-state index is 10.5. The molecule has 0 heterocycles. The van der Waals surface area contributed by atoms with Gasteiger partial charge in [-0.1, -0.05) is 24.3 Å². The Hall–Kier alpha value is -0.480. The molecule has 80 valence electrons. The molecule has 16 heavy (non-hydrogen) atoms. The summed E-state index contributed by atoms with van der Waals surface area (Å²) in [6.45, 7) is 4.98. The van der Waals surface area contributed by atoms with Crippen molar-refractivity contribution in [3.63, 3.8) is 0 Å². The van der Waals surface area contributed by atoms with Crippen molar-refractivity contribution in [1.82, 2.24) is 0 Å². The monoisotopic (exact) mass is 248 g/mol. The maximum Gasteiger partial charge on any atom is 1.00 e. The Morgan fingerprint density at radius 3 is 2.75 bits per heavy atom. The first-order valence-electron chi connectivity index (χ1n) is 4.34. The van der Waals surface area contributed by atoms with Crippen molar-refractivity contribution in [3.05, 3.63) is 35.4 Å². The van der Waals surface area contributed by atoms with Crippen LogP contribution in [0.5, 0.6) is 5.75 Å². The van der Waals surface area contributed by atoms with E-state index in [1.807, 2.05) is 0 Å². The number of rotatable bonds is 4. The summed E-state index contributed by atoms with van der Waals surface area (Å²) in [5.41, 5.74) is 0.649. The minimum absolute atomic E-state index is 0. The van der Waals surface area contributed by atoms with Gasteiger partial charge in [0.15, 0.2) is 0 Å². The fraction of sp³-hybridized carbons (Fsp3) is 0.182. The van der Waals surface area contributed by atoms with Crippen molar-refractivity contribution >= 4 is 23.6 Å². The van der Waals surface area contributed by atoms with Crippen molar-refractivity contribution in [2.24, 2.45) is 0 Å². The first-order valence-corrected chi connectivity index (χ1v) is 4.72. The van der Waals surface area contributed by atoms with E-state index >= 15 is 0 Å². The van der Waals surface area contributed by atoms with Crippen molar-refractivity contribution in [2.75, 3.05) is 0 Å². The van der Waals surface area contributed by atoms with E-state index < -0.39 is 12.1 Å². The van der Waals surface area contributed by atoms with Crippen LogP contribution in [0.4, 0.5) is 0 Å². The van der Waals surface area contributed by atoms with E-state index in [1.165, 1.54) is 6.92 Å². The van der Waals surface area contributed by atoms with Crippen molar-refractivity contribution < 1.29 is 44.2 Å². The van der Waals surface area contributed by atoms with Crippen LogP contribution in [0.2, 0.25) is 5.02 Å². The van der Waals surface area contributed by atoms with E-state index in [0.29, 0.717) is 16.3 Å².